The van der Waals surface area contributed by atoms with Crippen molar-refractivity contribution in [2.24, 2.45) is 5.73 Å². The van der Waals surface area contributed by atoms with Gasteiger partial charge in [0.1, 0.15) is 5.82 Å². The number of nitrogens with two attached hydrogens (primary N) is 1. The lowest BCUT2D eigenvalue weighted by Crippen LogP contribution is -2.36. The van der Waals surface area contributed by atoms with Crippen molar-refractivity contribution >= 4 is 34.9 Å². The SMILES string of the molecule is C=CC(=O)NC1CCN(c2nc(Nc3ccc(C(C)=O)cc3)c(C(N)=O)cc2F)C1. The first-order chi connectivity index (χ1) is 14.3. The number of ketones is 1. The third-order valence-electron chi connectivity index (χ3n) is 4.80. The summed E-state index contributed by atoms with van der Waals surface area (Å²) in [7, 11) is 0. The summed E-state index contributed by atoms with van der Waals surface area (Å²) in [6, 6.07) is 7.46. The van der Waals surface area contributed by atoms with Crippen LogP contribution < -0.4 is 21.3 Å². The van der Waals surface area contributed by atoms with E-state index in [4.69, 9.17) is 5.73 Å². The molecule has 30 heavy (non-hydrogen) atoms. The number of Topliss-reactive ketones (excluding diaryl/α,β-unsaturated/α-hetero) is 1. The molecular weight excluding hydrogens is 389 g/mol. The Morgan fingerprint density at radius 1 is 1.30 bits per heavy atom. The summed E-state index contributed by atoms with van der Waals surface area (Å²) in [5.74, 6) is -1.72. The molecular formula is C21H22FN5O3. The molecule has 9 heteroatoms. The average molecular weight is 411 g/mol. The van der Waals surface area contributed by atoms with E-state index in [-0.39, 0.29) is 34.9 Å². The van der Waals surface area contributed by atoms with Crippen molar-refractivity contribution in [1.82, 2.24) is 10.3 Å². The highest BCUT2D eigenvalue weighted by Crippen LogP contribution is 2.28. The van der Waals surface area contributed by atoms with Crippen molar-refractivity contribution in [2.75, 3.05) is 23.3 Å². The van der Waals surface area contributed by atoms with Crippen LogP contribution in [0.5, 0.6) is 0 Å². The quantitative estimate of drug-likeness (QED) is 0.475. The van der Waals surface area contributed by atoms with Gasteiger partial charge in [-0.2, -0.15) is 0 Å². The first-order valence-corrected chi connectivity index (χ1v) is 9.34. The molecule has 1 aliphatic heterocycles. The maximum atomic E-state index is 14.7. The molecule has 0 radical (unpaired) electrons. The highest BCUT2D eigenvalue weighted by molar-refractivity contribution is 5.99. The van der Waals surface area contributed by atoms with Gasteiger partial charge < -0.3 is 21.3 Å². The van der Waals surface area contributed by atoms with Crippen LogP contribution in [0, 0.1) is 5.82 Å². The molecule has 8 nitrogen and oxygen atoms in total. The van der Waals surface area contributed by atoms with Gasteiger partial charge in [0.05, 0.1) is 5.56 Å². The normalized spacial score (nSPS) is 15.5. The van der Waals surface area contributed by atoms with Crippen LogP contribution in [0.1, 0.15) is 34.1 Å². The van der Waals surface area contributed by atoms with Crippen LogP contribution in [0.3, 0.4) is 0 Å². The number of hydrogen-bond acceptors (Lipinski definition) is 6. The van der Waals surface area contributed by atoms with E-state index in [1.165, 1.54) is 13.0 Å². The number of rotatable bonds is 7. The summed E-state index contributed by atoms with van der Waals surface area (Å²) in [6.07, 6.45) is 1.80. The average Bonchev–Trinajstić information content (AvgIpc) is 3.17. The van der Waals surface area contributed by atoms with Gasteiger partial charge in [-0.15, -0.1) is 0 Å². The van der Waals surface area contributed by atoms with E-state index in [9.17, 15) is 18.8 Å². The molecule has 1 atom stereocenters. The van der Waals surface area contributed by atoms with Crippen molar-refractivity contribution in [1.29, 1.82) is 0 Å². The topological polar surface area (TPSA) is 117 Å². The lowest BCUT2D eigenvalue weighted by Gasteiger charge is -2.20. The van der Waals surface area contributed by atoms with Crippen molar-refractivity contribution < 1.29 is 18.8 Å². The molecule has 0 aliphatic carbocycles. The van der Waals surface area contributed by atoms with E-state index in [2.05, 4.69) is 22.2 Å². The highest BCUT2D eigenvalue weighted by atomic mass is 19.1. The predicted molar refractivity (Wildman–Crippen MR) is 111 cm³/mol. The second-order valence-electron chi connectivity index (χ2n) is 6.96. The van der Waals surface area contributed by atoms with Crippen LogP contribution in [0.4, 0.5) is 21.7 Å². The first kappa shape index (κ1) is 21.0. The standard InChI is InChI=1S/C21H22FN5O3/c1-3-18(29)24-15-8-9-27(11-15)21-17(22)10-16(19(23)30)20(26-21)25-14-6-4-13(5-7-14)12(2)28/h3-7,10,15H,1,8-9,11H2,2H3,(H2,23,30)(H,24,29)(H,25,26). The Labute approximate surface area is 173 Å². The zero-order valence-corrected chi connectivity index (χ0v) is 16.4. The van der Waals surface area contributed by atoms with Crippen LogP contribution in [0.2, 0.25) is 0 Å². The van der Waals surface area contributed by atoms with E-state index >= 15 is 0 Å². The Kier molecular flexibility index (Phi) is 6.10. The minimum absolute atomic E-state index is 0.0539. The van der Waals surface area contributed by atoms with Gasteiger partial charge in [0.2, 0.25) is 5.91 Å². The minimum Gasteiger partial charge on any atom is -0.365 e. The first-order valence-electron chi connectivity index (χ1n) is 9.34. The number of primary amides is 1. The van der Waals surface area contributed by atoms with Crippen molar-refractivity contribution in [3.63, 3.8) is 0 Å². The van der Waals surface area contributed by atoms with E-state index in [1.807, 2.05) is 0 Å². The number of benzene rings is 1. The molecule has 0 saturated carbocycles. The molecule has 0 spiro atoms. The molecule has 1 aromatic heterocycles. The van der Waals surface area contributed by atoms with E-state index in [1.54, 1.807) is 29.2 Å². The molecule has 1 aliphatic rings. The molecule has 1 aromatic carbocycles. The number of hydrogen-bond donors (Lipinski definition) is 3. The molecule has 1 fully saturated rings. The highest BCUT2D eigenvalue weighted by Gasteiger charge is 2.28. The lowest BCUT2D eigenvalue weighted by atomic mass is 10.1. The zero-order valence-electron chi connectivity index (χ0n) is 16.4. The number of pyridine rings is 1. The largest absolute Gasteiger partial charge is 0.365 e. The molecule has 4 N–H and O–H groups in total. The van der Waals surface area contributed by atoms with Crippen LogP contribution in [-0.4, -0.2) is 41.7 Å². The van der Waals surface area contributed by atoms with E-state index < -0.39 is 11.7 Å². The molecule has 0 bridgehead atoms. The third kappa shape index (κ3) is 4.62. The van der Waals surface area contributed by atoms with E-state index in [0.29, 0.717) is 30.8 Å². The Morgan fingerprint density at radius 2 is 2.00 bits per heavy atom. The molecule has 156 valence electrons. The number of halogens is 1. The second kappa shape index (κ2) is 8.73. The van der Waals surface area contributed by atoms with Crippen LogP contribution in [0.25, 0.3) is 0 Å². The minimum atomic E-state index is -0.826. The number of amides is 2. The summed E-state index contributed by atoms with van der Waals surface area (Å²) in [5.41, 5.74) is 6.40. The Hall–Kier alpha value is -3.75. The Bertz CT molecular complexity index is 1010. The van der Waals surface area contributed by atoms with Gasteiger partial charge >= 0.3 is 0 Å². The fourth-order valence-corrected chi connectivity index (χ4v) is 3.24. The third-order valence-corrected chi connectivity index (χ3v) is 4.80. The van der Waals surface area contributed by atoms with Crippen molar-refractivity contribution in [2.45, 2.75) is 19.4 Å². The smallest absolute Gasteiger partial charge is 0.252 e. The van der Waals surface area contributed by atoms with Crippen LogP contribution in [0.15, 0.2) is 43.0 Å². The van der Waals surface area contributed by atoms with Crippen molar-refractivity contribution in [3.8, 4) is 0 Å². The Balaban J connectivity index is 1.87. The van der Waals surface area contributed by atoms with E-state index in [0.717, 1.165) is 6.07 Å². The van der Waals surface area contributed by atoms with Crippen molar-refractivity contribution in [3.05, 3.63) is 59.9 Å². The summed E-state index contributed by atoms with van der Waals surface area (Å²) in [4.78, 5) is 40.7. The summed E-state index contributed by atoms with van der Waals surface area (Å²) < 4.78 is 14.7. The van der Waals surface area contributed by atoms with Crippen LogP contribution in [-0.2, 0) is 4.79 Å². The van der Waals surface area contributed by atoms with Gasteiger partial charge in [-0.1, -0.05) is 6.58 Å². The van der Waals surface area contributed by atoms with Gasteiger partial charge in [-0.05, 0) is 49.8 Å². The lowest BCUT2D eigenvalue weighted by molar-refractivity contribution is -0.117. The molecule has 1 unspecified atom stereocenters. The fraction of sp³-hybridized carbons (Fsp3) is 0.238. The predicted octanol–water partition coefficient (Wildman–Crippen LogP) is 2.15. The maximum absolute atomic E-state index is 14.7. The molecule has 2 aromatic rings. The number of nitrogens with one attached hydrogen (secondary N) is 2. The van der Waals surface area contributed by atoms with Gasteiger partial charge in [0.15, 0.2) is 17.4 Å². The molecule has 1 saturated heterocycles. The van der Waals surface area contributed by atoms with Gasteiger partial charge in [-0.3, -0.25) is 14.4 Å². The molecule has 3 rings (SSSR count). The summed E-state index contributed by atoms with van der Waals surface area (Å²) >= 11 is 0. The summed E-state index contributed by atoms with van der Waals surface area (Å²) in [6.45, 7) is 5.73. The van der Waals surface area contributed by atoms with Gasteiger partial charge in [-0.25, -0.2) is 9.37 Å². The Morgan fingerprint density at radius 3 is 2.60 bits per heavy atom. The number of anilines is 3. The number of carbonyl (C=O) groups is 3. The fourth-order valence-electron chi connectivity index (χ4n) is 3.24. The molecule has 2 heterocycles. The van der Waals surface area contributed by atoms with Gasteiger partial charge in [0.25, 0.3) is 5.91 Å². The monoisotopic (exact) mass is 411 g/mol. The molecule has 2 amide bonds. The zero-order chi connectivity index (χ0) is 21.8. The number of carbonyl (C=O) groups excluding carboxylic acids is 3. The van der Waals surface area contributed by atoms with Gasteiger partial charge in [0, 0.05) is 30.4 Å². The second-order valence-corrected chi connectivity index (χ2v) is 6.96. The summed E-state index contributed by atoms with van der Waals surface area (Å²) in [5, 5.41) is 5.74. The number of nitrogens with zero attached hydrogens (tertiary/aromatic N) is 2. The number of aromatic nitrogens is 1. The van der Waals surface area contributed by atoms with Crippen LogP contribution >= 0.6 is 0 Å². The maximum Gasteiger partial charge on any atom is 0.252 e.